The Hall–Kier alpha value is -2.30. The standard InChI is InChI=1S/C15H20N4O/c1-3-6-17-13-7-14(11-16-10-13)18-8-12-4-5-15(20-2)19-9-12/h4-5,7,9-11,17-18H,3,6,8H2,1-2H3. The summed E-state index contributed by atoms with van der Waals surface area (Å²) < 4.78 is 5.04. The Morgan fingerprint density at radius 3 is 2.55 bits per heavy atom. The molecule has 0 amide bonds. The molecule has 0 aliphatic carbocycles. The van der Waals surface area contributed by atoms with E-state index < -0.39 is 0 Å². The molecule has 5 heteroatoms. The summed E-state index contributed by atoms with van der Waals surface area (Å²) in [6.07, 6.45) is 6.54. The van der Waals surface area contributed by atoms with E-state index in [0.717, 1.165) is 29.9 Å². The number of anilines is 2. The van der Waals surface area contributed by atoms with Crippen LogP contribution < -0.4 is 15.4 Å². The fourth-order valence-corrected chi connectivity index (χ4v) is 1.74. The summed E-state index contributed by atoms with van der Waals surface area (Å²) in [5, 5.41) is 6.65. The van der Waals surface area contributed by atoms with E-state index in [9.17, 15) is 0 Å². The first-order valence-electron chi connectivity index (χ1n) is 6.73. The average molecular weight is 272 g/mol. The van der Waals surface area contributed by atoms with Gasteiger partial charge in [0.1, 0.15) is 0 Å². The van der Waals surface area contributed by atoms with Gasteiger partial charge in [0, 0.05) is 25.4 Å². The second-order valence-electron chi connectivity index (χ2n) is 4.45. The molecule has 0 aromatic carbocycles. The van der Waals surface area contributed by atoms with Gasteiger partial charge in [-0.1, -0.05) is 13.0 Å². The van der Waals surface area contributed by atoms with Crippen molar-refractivity contribution in [2.45, 2.75) is 19.9 Å². The van der Waals surface area contributed by atoms with Crippen LogP contribution in [-0.4, -0.2) is 23.6 Å². The maximum absolute atomic E-state index is 5.04. The van der Waals surface area contributed by atoms with Crippen molar-refractivity contribution in [1.82, 2.24) is 9.97 Å². The van der Waals surface area contributed by atoms with Gasteiger partial charge in [-0.2, -0.15) is 0 Å². The third kappa shape index (κ3) is 4.12. The van der Waals surface area contributed by atoms with Crippen LogP contribution in [0.4, 0.5) is 11.4 Å². The Bertz CT molecular complexity index is 528. The highest BCUT2D eigenvalue weighted by molar-refractivity contribution is 5.54. The molecule has 0 radical (unpaired) electrons. The Labute approximate surface area is 119 Å². The molecule has 0 spiro atoms. The van der Waals surface area contributed by atoms with Gasteiger partial charge in [0.25, 0.3) is 0 Å². The Morgan fingerprint density at radius 2 is 1.90 bits per heavy atom. The van der Waals surface area contributed by atoms with E-state index in [0.29, 0.717) is 12.4 Å². The quantitative estimate of drug-likeness (QED) is 0.811. The molecule has 2 heterocycles. The summed E-state index contributed by atoms with van der Waals surface area (Å²) >= 11 is 0. The zero-order valence-electron chi connectivity index (χ0n) is 11.9. The van der Waals surface area contributed by atoms with E-state index in [4.69, 9.17) is 4.74 Å². The van der Waals surface area contributed by atoms with Crippen molar-refractivity contribution in [2.75, 3.05) is 24.3 Å². The number of hydrogen-bond donors (Lipinski definition) is 2. The second kappa shape index (κ2) is 7.33. The Morgan fingerprint density at radius 1 is 1.10 bits per heavy atom. The Kier molecular flexibility index (Phi) is 5.17. The highest BCUT2D eigenvalue weighted by Gasteiger charge is 1.98. The lowest BCUT2D eigenvalue weighted by molar-refractivity contribution is 0.397. The fraction of sp³-hybridized carbons (Fsp3) is 0.333. The molecule has 0 atom stereocenters. The van der Waals surface area contributed by atoms with E-state index in [1.54, 1.807) is 13.3 Å². The number of nitrogens with zero attached hydrogens (tertiary/aromatic N) is 2. The minimum atomic E-state index is 0.626. The molecule has 2 N–H and O–H groups in total. The van der Waals surface area contributed by atoms with E-state index in [1.807, 2.05) is 24.5 Å². The molecule has 2 aromatic rings. The number of nitrogens with one attached hydrogen (secondary N) is 2. The molecular formula is C15H20N4O. The van der Waals surface area contributed by atoms with E-state index in [1.165, 1.54) is 0 Å². The van der Waals surface area contributed by atoms with Crippen molar-refractivity contribution in [2.24, 2.45) is 0 Å². The molecule has 0 saturated heterocycles. The Balaban J connectivity index is 1.92. The van der Waals surface area contributed by atoms with Crippen LogP contribution in [0, 0.1) is 0 Å². The van der Waals surface area contributed by atoms with Gasteiger partial charge in [-0.3, -0.25) is 4.98 Å². The van der Waals surface area contributed by atoms with Gasteiger partial charge in [-0.05, 0) is 18.1 Å². The highest BCUT2D eigenvalue weighted by Crippen LogP contribution is 2.14. The molecule has 0 aliphatic heterocycles. The lowest BCUT2D eigenvalue weighted by Gasteiger charge is -2.09. The normalized spacial score (nSPS) is 10.1. The largest absolute Gasteiger partial charge is 0.481 e. The maximum Gasteiger partial charge on any atom is 0.212 e. The zero-order chi connectivity index (χ0) is 14.2. The number of methoxy groups -OCH3 is 1. The van der Waals surface area contributed by atoms with Crippen molar-refractivity contribution in [1.29, 1.82) is 0 Å². The lowest BCUT2D eigenvalue weighted by Crippen LogP contribution is -2.03. The monoisotopic (exact) mass is 272 g/mol. The van der Waals surface area contributed by atoms with Crippen LogP contribution >= 0.6 is 0 Å². The summed E-state index contributed by atoms with van der Waals surface area (Å²) in [7, 11) is 1.61. The molecule has 0 fully saturated rings. The predicted molar refractivity (Wildman–Crippen MR) is 81.1 cm³/mol. The summed E-state index contributed by atoms with van der Waals surface area (Å²) in [6.45, 7) is 3.79. The van der Waals surface area contributed by atoms with Crippen LogP contribution in [0.2, 0.25) is 0 Å². The molecule has 20 heavy (non-hydrogen) atoms. The first-order valence-corrected chi connectivity index (χ1v) is 6.73. The van der Waals surface area contributed by atoms with Crippen molar-refractivity contribution >= 4 is 11.4 Å². The van der Waals surface area contributed by atoms with E-state index in [-0.39, 0.29) is 0 Å². The van der Waals surface area contributed by atoms with Crippen LogP contribution in [-0.2, 0) is 6.54 Å². The highest BCUT2D eigenvalue weighted by atomic mass is 16.5. The molecule has 2 rings (SSSR count). The van der Waals surface area contributed by atoms with Crippen LogP contribution in [0.15, 0.2) is 36.8 Å². The summed E-state index contributed by atoms with van der Waals surface area (Å²) in [4.78, 5) is 8.39. The van der Waals surface area contributed by atoms with Gasteiger partial charge in [0.05, 0.1) is 30.9 Å². The van der Waals surface area contributed by atoms with E-state index >= 15 is 0 Å². The van der Waals surface area contributed by atoms with Crippen molar-refractivity contribution in [3.05, 3.63) is 42.4 Å². The lowest BCUT2D eigenvalue weighted by atomic mass is 10.2. The topological polar surface area (TPSA) is 59.1 Å². The van der Waals surface area contributed by atoms with Crippen LogP contribution in [0.3, 0.4) is 0 Å². The van der Waals surface area contributed by atoms with Crippen molar-refractivity contribution < 1.29 is 4.74 Å². The predicted octanol–water partition coefficient (Wildman–Crippen LogP) is 2.92. The number of rotatable bonds is 7. The van der Waals surface area contributed by atoms with Crippen LogP contribution in [0.5, 0.6) is 5.88 Å². The molecule has 0 bridgehead atoms. The third-order valence-corrected chi connectivity index (χ3v) is 2.82. The van der Waals surface area contributed by atoms with Gasteiger partial charge in [0.2, 0.25) is 5.88 Å². The average Bonchev–Trinajstić information content (AvgIpc) is 2.52. The SMILES string of the molecule is CCCNc1cncc(NCc2ccc(OC)nc2)c1. The van der Waals surface area contributed by atoms with Gasteiger partial charge >= 0.3 is 0 Å². The molecule has 0 unspecified atom stereocenters. The molecular weight excluding hydrogens is 252 g/mol. The van der Waals surface area contributed by atoms with E-state index in [2.05, 4.69) is 33.6 Å². The van der Waals surface area contributed by atoms with Gasteiger partial charge in [0.15, 0.2) is 0 Å². The van der Waals surface area contributed by atoms with Crippen molar-refractivity contribution in [3.63, 3.8) is 0 Å². The molecule has 2 aromatic heterocycles. The third-order valence-electron chi connectivity index (χ3n) is 2.82. The van der Waals surface area contributed by atoms with Gasteiger partial charge in [-0.15, -0.1) is 0 Å². The minimum Gasteiger partial charge on any atom is -0.481 e. The maximum atomic E-state index is 5.04. The van der Waals surface area contributed by atoms with Crippen LogP contribution in [0.1, 0.15) is 18.9 Å². The summed E-state index contributed by atoms with van der Waals surface area (Å²) in [6, 6.07) is 5.90. The minimum absolute atomic E-state index is 0.626. The first kappa shape index (κ1) is 14.1. The number of ether oxygens (including phenoxy) is 1. The number of pyridine rings is 2. The zero-order valence-corrected chi connectivity index (χ0v) is 11.9. The van der Waals surface area contributed by atoms with Gasteiger partial charge < -0.3 is 15.4 Å². The fourth-order valence-electron chi connectivity index (χ4n) is 1.74. The second-order valence-corrected chi connectivity index (χ2v) is 4.45. The van der Waals surface area contributed by atoms with Crippen molar-refractivity contribution in [3.8, 4) is 5.88 Å². The first-order chi connectivity index (χ1) is 9.81. The molecule has 106 valence electrons. The van der Waals surface area contributed by atoms with Crippen LogP contribution in [0.25, 0.3) is 0 Å². The summed E-state index contributed by atoms with van der Waals surface area (Å²) in [5.41, 5.74) is 3.12. The smallest absolute Gasteiger partial charge is 0.212 e. The molecule has 5 nitrogen and oxygen atoms in total. The molecule has 0 aliphatic rings. The molecule has 0 saturated carbocycles. The number of aromatic nitrogens is 2. The number of hydrogen-bond acceptors (Lipinski definition) is 5. The summed E-state index contributed by atoms with van der Waals surface area (Å²) in [5.74, 6) is 0.626. The van der Waals surface area contributed by atoms with Gasteiger partial charge in [-0.25, -0.2) is 4.98 Å².